The van der Waals surface area contributed by atoms with E-state index in [4.69, 9.17) is 21.1 Å². The van der Waals surface area contributed by atoms with E-state index in [1.54, 1.807) is 30.3 Å². The van der Waals surface area contributed by atoms with Gasteiger partial charge in [0.1, 0.15) is 30.6 Å². The molecule has 1 saturated carbocycles. The minimum Gasteiger partial charge on any atom is -0.489 e. The summed E-state index contributed by atoms with van der Waals surface area (Å²) in [4.78, 5) is 56.7. The lowest BCUT2D eigenvalue weighted by Crippen LogP contribution is -2.74. The smallest absolute Gasteiger partial charge is 0.251 e. The Morgan fingerprint density at radius 3 is 2.33 bits per heavy atom. The standard InChI is InChI=1S/C49H62ClN9O7/c1-47(2,3)39(44(64)58-28-36(60)24-41(58)43(63)53-27-31-11-18-35(19-12-31)59-55-30-54-57-59)23-37(61)29-65-22-10-8-9-21-52-34-16-13-32(14-17-34)42(62)56-45-48(4,5)46(49(45,6)7)66-38-20-15-33(26-51)40(50)25-38/h11-20,25,30,36,39,41,45-46,52,60H,8-10,21-24,27-29H2,1-7H3,(H,53,63)(H,56,62)/t36-,39-,41+,45?,46?/m1/s1. The van der Waals surface area contributed by atoms with E-state index in [0.29, 0.717) is 28.5 Å². The zero-order valence-corrected chi connectivity index (χ0v) is 39.6. The Morgan fingerprint density at radius 2 is 1.70 bits per heavy atom. The molecule has 1 aliphatic carbocycles. The van der Waals surface area contributed by atoms with Gasteiger partial charge in [-0.15, -0.1) is 15.0 Å². The Labute approximate surface area is 391 Å². The lowest BCUT2D eigenvalue weighted by molar-refractivity contribution is -0.164. The molecule has 0 radical (unpaired) electrons. The quantitative estimate of drug-likeness (QED) is 0.0720. The average molecular weight is 925 g/mol. The molecular weight excluding hydrogens is 862 g/mol. The summed E-state index contributed by atoms with van der Waals surface area (Å²) in [7, 11) is 0. The number of anilines is 1. The van der Waals surface area contributed by atoms with Crippen LogP contribution in [0.2, 0.25) is 5.02 Å². The van der Waals surface area contributed by atoms with Gasteiger partial charge in [-0.25, -0.2) is 0 Å². The van der Waals surface area contributed by atoms with Crippen LogP contribution in [0, 0.1) is 33.5 Å². The molecule has 0 bridgehead atoms. The Balaban J connectivity index is 0.875. The number of likely N-dealkylation sites (tertiary alicyclic amines) is 1. The molecule has 1 saturated heterocycles. The lowest BCUT2D eigenvalue weighted by Gasteiger charge is -2.63. The van der Waals surface area contributed by atoms with Crippen LogP contribution in [-0.4, -0.2) is 104 Å². The molecule has 4 aromatic rings. The summed E-state index contributed by atoms with van der Waals surface area (Å²) in [6.07, 6.45) is 2.85. The molecule has 352 valence electrons. The zero-order chi connectivity index (χ0) is 47.8. The number of aliphatic hydroxyl groups is 1. The van der Waals surface area contributed by atoms with Crippen LogP contribution in [0.25, 0.3) is 5.69 Å². The van der Waals surface area contributed by atoms with Crippen LogP contribution in [0.15, 0.2) is 73.1 Å². The second-order valence-electron chi connectivity index (χ2n) is 19.6. The molecule has 0 spiro atoms. The molecule has 3 amide bonds. The molecular formula is C49H62ClN9O7. The molecule has 4 N–H and O–H groups in total. The third-order valence-electron chi connectivity index (χ3n) is 12.8. The molecule has 66 heavy (non-hydrogen) atoms. The van der Waals surface area contributed by atoms with E-state index in [9.17, 15) is 29.5 Å². The van der Waals surface area contributed by atoms with Crippen molar-refractivity contribution in [3.8, 4) is 17.5 Å². The second-order valence-corrected chi connectivity index (χ2v) is 20.0. The fourth-order valence-electron chi connectivity index (χ4n) is 9.37. The van der Waals surface area contributed by atoms with Crippen molar-refractivity contribution >= 4 is 40.8 Å². The summed E-state index contributed by atoms with van der Waals surface area (Å²) < 4.78 is 12.1. The fourth-order valence-corrected chi connectivity index (χ4v) is 9.58. The molecule has 2 aliphatic rings. The second kappa shape index (κ2) is 21.2. The predicted octanol–water partition coefficient (Wildman–Crippen LogP) is 6.30. The van der Waals surface area contributed by atoms with E-state index in [-0.39, 0.29) is 79.0 Å². The lowest BCUT2D eigenvalue weighted by atomic mass is 9.49. The molecule has 1 aliphatic heterocycles. The number of amides is 3. The van der Waals surface area contributed by atoms with Gasteiger partial charge >= 0.3 is 0 Å². The summed E-state index contributed by atoms with van der Waals surface area (Å²) in [5.74, 6) is -1.19. The number of aromatic nitrogens is 4. The van der Waals surface area contributed by atoms with Crippen molar-refractivity contribution in [1.29, 1.82) is 5.26 Å². The van der Waals surface area contributed by atoms with Crippen molar-refractivity contribution < 1.29 is 33.8 Å². The first-order valence-electron chi connectivity index (χ1n) is 22.5. The van der Waals surface area contributed by atoms with Crippen molar-refractivity contribution in [2.24, 2.45) is 22.2 Å². The summed E-state index contributed by atoms with van der Waals surface area (Å²) in [5, 5.41) is 41.2. The van der Waals surface area contributed by atoms with Gasteiger partial charge in [0.2, 0.25) is 11.8 Å². The Hall–Kier alpha value is -5.89. The maximum atomic E-state index is 14.0. The number of hydrogen-bond donors (Lipinski definition) is 4. The van der Waals surface area contributed by atoms with Crippen molar-refractivity contribution in [1.82, 2.24) is 35.7 Å². The summed E-state index contributed by atoms with van der Waals surface area (Å²) in [6.45, 7) is 15.2. The van der Waals surface area contributed by atoms with Gasteiger partial charge in [0.15, 0.2) is 12.1 Å². The first kappa shape index (κ1) is 49.5. The number of Topliss-reactive ketones (excluding diaryl/α,β-unsaturated/α-hetero) is 1. The third kappa shape index (κ3) is 11.9. The van der Waals surface area contributed by atoms with Gasteiger partial charge in [-0.2, -0.15) is 5.26 Å². The first-order chi connectivity index (χ1) is 31.3. The molecule has 2 fully saturated rings. The minimum absolute atomic E-state index is 0.0149. The molecule has 3 aromatic carbocycles. The number of tetrazole rings is 1. The maximum Gasteiger partial charge on any atom is 0.251 e. The number of ketones is 1. The van der Waals surface area contributed by atoms with Crippen LogP contribution in [0.3, 0.4) is 0 Å². The van der Waals surface area contributed by atoms with Gasteiger partial charge in [0.25, 0.3) is 5.91 Å². The molecule has 2 heterocycles. The van der Waals surface area contributed by atoms with Gasteiger partial charge in [0, 0.05) is 79.2 Å². The Morgan fingerprint density at radius 1 is 0.985 bits per heavy atom. The number of halogens is 1. The van der Waals surface area contributed by atoms with E-state index in [1.165, 1.54) is 16.0 Å². The van der Waals surface area contributed by atoms with E-state index >= 15 is 0 Å². The first-order valence-corrected chi connectivity index (χ1v) is 22.9. The van der Waals surface area contributed by atoms with Crippen LogP contribution in [0.5, 0.6) is 5.75 Å². The third-order valence-corrected chi connectivity index (χ3v) is 13.1. The number of hydrogen-bond acceptors (Lipinski definition) is 12. The minimum atomic E-state index is -0.860. The monoisotopic (exact) mass is 923 g/mol. The highest BCUT2D eigenvalue weighted by molar-refractivity contribution is 6.31. The zero-order valence-electron chi connectivity index (χ0n) is 38.8. The number of unbranched alkanes of at least 4 members (excludes halogenated alkanes) is 2. The molecule has 16 nitrogen and oxygen atoms in total. The summed E-state index contributed by atoms with van der Waals surface area (Å²) >= 11 is 6.24. The van der Waals surface area contributed by atoms with Crippen LogP contribution in [-0.2, 0) is 25.7 Å². The normalized spacial score (nSPS) is 20.1. The number of nitrogens with zero attached hydrogens (tertiary/aromatic N) is 6. The van der Waals surface area contributed by atoms with Crippen LogP contribution in [0.1, 0.15) is 102 Å². The van der Waals surface area contributed by atoms with E-state index in [1.807, 2.05) is 57.2 Å². The number of nitrogens with one attached hydrogen (secondary N) is 3. The van der Waals surface area contributed by atoms with Gasteiger partial charge in [-0.1, -0.05) is 72.2 Å². The molecule has 0 unspecified atom stereocenters. The van der Waals surface area contributed by atoms with Gasteiger partial charge < -0.3 is 35.4 Å². The number of carbonyl (C=O) groups is 4. The number of ether oxygens (including phenoxy) is 2. The average Bonchev–Trinajstić information content (AvgIpc) is 3.97. The van der Waals surface area contributed by atoms with E-state index < -0.39 is 23.5 Å². The van der Waals surface area contributed by atoms with Gasteiger partial charge in [0.05, 0.1) is 22.4 Å². The number of nitriles is 1. The van der Waals surface area contributed by atoms with Crippen molar-refractivity contribution in [3.05, 3.63) is 94.8 Å². The highest BCUT2D eigenvalue weighted by Gasteiger charge is 2.64. The van der Waals surface area contributed by atoms with E-state index in [2.05, 4.69) is 65.1 Å². The van der Waals surface area contributed by atoms with Crippen LogP contribution in [0.4, 0.5) is 5.69 Å². The molecule has 1 aromatic heterocycles. The highest BCUT2D eigenvalue weighted by atomic mass is 35.5. The highest BCUT2D eigenvalue weighted by Crippen LogP contribution is 2.55. The predicted molar refractivity (Wildman–Crippen MR) is 249 cm³/mol. The summed E-state index contributed by atoms with van der Waals surface area (Å²) in [6, 6.07) is 20.8. The van der Waals surface area contributed by atoms with Crippen molar-refractivity contribution in [2.45, 2.75) is 111 Å². The van der Waals surface area contributed by atoms with Gasteiger partial charge in [-0.05, 0) is 84.0 Å². The number of carbonyl (C=O) groups excluding carboxylic acids is 4. The molecule has 17 heteroatoms. The molecule has 3 atom stereocenters. The van der Waals surface area contributed by atoms with Gasteiger partial charge in [-0.3, -0.25) is 19.2 Å². The SMILES string of the molecule is CC1(C)C(NC(=O)c2ccc(NCCCCCOCC(=O)C[C@H](C(=O)N3C[C@H](O)C[C@H]3C(=O)NCc3ccc(-n4ncnn4)cc3)C(C)(C)C)cc2)C(C)(C)C1Oc1ccc(C#N)c(Cl)c1. The topological polar surface area (TPSA) is 214 Å². The fraction of sp³-hybridized carbons (Fsp3) is 0.510. The number of aliphatic hydroxyl groups excluding tert-OH is 1. The number of rotatable bonds is 20. The maximum absolute atomic E-state index is 14.0. The number of benzene rings is 3. The largest absolute Gasteiger partial charge is 0.489 e. The Bertz CT molecular complexity index is 2340. The van der Waals surface area contributed by atoms with Crippen LogP contribution >= 0.6 is 11.6 Å². The van der Waals surface area contributed by atoms with Crippen molar-refractivity contribution in [3.63, 3.8) is 0 Å². The Kier molecular flexibility index (Phi) is 15.9. The summed E-state index contributed by atoms with van der Waals surface area (Å²) in [5.41, 5.74) is 2.05. The molecule has 6 rings (SSSR count). The van der Waals surface area contributed by atoms with E-state index in [0.717, 1.165) is 42.7 Å². The number of β-amino-alcohol motifs (C(OH)–C–C–N with tert-alkyl or cyclic N) is 1. The van der Waals surface area contributed by atoms with Crippen molar-refractivity contribution in [2.75, 3.05) is 31.6 Å². The van der Waals surface area contributed by atoms with Crippen LogP contribution < -0.4 is 20.7 Å².